The first-order chi connectivity index (χ1) is 9.03. The summed E-state index contributed by atoms with van der Waals surface area (Å²) >= 11 is 3.68. The number of halogens is 1. The summed E-state index contributed by atoms with van der Waals surface area (Å²) in [5, 5.41) is 3.65. The minimum atomic E-state index is 0.374. The molecule has 0 bridgehead atoms. The second-order valence-electron chi connectivity index (χ2n) is 6.00. The van der Waals surface area contributed by atoms with Crippen molar-refractivity contribution in [3.63, 3.8) is 0 Å². The zero-order chi connectivity index (χ0) is 14.3. The first-order valence-corrected chi connectivity index (χ1v) is 8.26. The Balaban J connectivity index is 2.73. The summed E-state index contributed by atoms with van der Waals surface area (Å²) in [6.07, 6.45) is 3.58. The van der Waals surface area contributed by atoms with Gasteiger partial charge in [0.25, 0.3) is 0 Å². The van der Waals surface area contributed by atoms with Crippen molar-refractivity contribution in [2.75, 3.05) is 13.1 Å². The van der Waals surface area contributed by atoms with E-state index in [1.54, 1.807) is 0 Å². The fourth-order valence-electron chi connectivity index (χ4n) is 2.48. The molecule has 0 aromatic heterocycles. The third kappa shape index (κ3) is 5.27. The van der Waals surface area contributed by atoms with Crippen molar-refractivity contribution < 1.29 is 0 Å². The van der Waals surface area contributed by atoms with Gasteiger partial charge < -0.3 is 5.32 Å². The molecule has 0 spiro atoms. The molecule has 0 saturated carbocycles. The molecule has 0 saturated heterocycles. The molecule has 1 aromatic rings. The van der Waals surface area contributed by atoms with Crippen LogP contribution in [0.5, 0.6) is 0 Å². The maximum atomic E-state index is 3.68. The molecule has 0 fully saturated rings. The van der Waals surface area contributed by atoms with E-state index in [1.807, 2.05) is 0 Å². The molecule has 108 valence electrons. The van der Waals surface area contributed by atoms with Crippen molar-refractivity contribution in [1.82, 2.24) is 5.32 Å². The predicted octanol–water partition coefficient (Wildman–Crippen LogP) is 5.04. The lowest BCUT2D eigenvalue weighted by Gasteiger charge is -2.33. The number of hydrogen-bond acceptors (Lipinski definition) is 1. The minimum absolute atomic E-state index is 0.374. The molecule has 0 aliphatic heterocycles. The SMILES string of the molecule is CCC(CC)(CNCC(C)C)Cc1ccccc1Br. The monoisotopic (exact) mass is 325 g/mol. The summed E-state index contributed by atoms with van der Waals surface area (Å²) in [5.74, 6) is 0.717. The Morgan fingerprint density at radius 3 is 2.32 bits per heavy atom. The number of rotatable bonds is 8. The van der Waals surface area contributed by atoms with Crippen LogP contribution in [0, 0.1) is 11.3 Å². The average Bonchev–Trinajstić information content (AvgIpc) is 2.39. The molecule has 0 aliphatic carbocycles. The molecule has 1 aromatic carbocycles. The van der Waals surface area contributed by atoms with E-state index in [-0.39, 0.29) is 0 Å². The molecule has 0 aliphatic rings. The van der Waals surface area contributed by atoms with E-state index in [1.165, 1.54) is 22.9 Å². The Bertz CT molecular complexity index is 369. The van der Waals surface area contributed by atoms with Gasteiger partial charge in [0.05, 0.1) is 0 Å². The fourth-order valence-corrected chi connectivity index (χ4v) is 2.91. The highest BCUT2D eigenvalue weighted by atomic mass is 79.9. The Kier molecular flexibility index (Phi) is 7.09. The van der Waals surface area contributed by atoms with Crippen LogP contribution in [0.3, 0.4) is 0 Å². The van der Waals surface area contributed by atoms with Crippen molar-refractivity contribution >= 4 is 15.9 Å². The van der Waals surface area contributed by atoms with E-state index in [4.69, 9.17) is 0 Å². The minimum Gasteiger partial charge on any atom is -0.316 e. The molecule has 0 atom stereocenters. The summed E-state index contributed by atoms with van der Waals surface area (Å²) in [6, 6.07) is 8.61. The van der Waals surface area contributed by atoms with Crippen LogP contribution in [0.4, 0.5) is 0 Å². The molecule has 0 unspecified atom stereocenters. The van der Waals surface area contributed by atoms with Gasteiger partial charge in [-0.25, -0.2) is 0 Å². The molecule has 1 nitrogen and oxygen atoms in total. The first kappa shape index (κ1) is 16.7. The third-order valence-corrected chi connectivity index (χ3v) is 4.85. The quantitative estimate of drug-likeness (QED) is 0.705. The maximum Gasteiger partial charge on any atom is 0.0207 e. The number of benzene rings is 1. The predicted molar refractivity (Wildman–Crippen MR) is 88.6 cm³/mol. The summed E-state index contributed by atoms with van der Waals surface area (Å²) in [7, 11) is 0. The molecular formula is C17H28BrN. The van der Waals surface area contributed by atoms with Crippen molar-refractivity contribution in [2.45, 2.75) is 47.0 Å². The lowest BCUT2D eigenvalue weighted by Crippen LogP contribution is -2.37. The van der Waals surface area contributed by atoms with Gasteiger partial charge in [0.1, 0.15) is 0 Å². The normalized spacial score (nSPS) is 12.1. The van der Waals surface area contributed by atoms with Gasteiger partial charge in [-0.2, -0.15) is 0 Å². The Morgan fingerprint density at radius 2 is 1.79 bits per heavy atom. The van der Waals surface area contributed by atoms with E-state index < -0.39 is 0 Å². The van der Waals surface area contributed by atoms with Gasteiger partial charge in [0.2, 0.25) is 0 Å². The Morgan fingerprint density at radius 1 is 1.16 bits per heavy atom. The molecule has 0 heterocycles. The van der Waals surface area contributed by atoms with Crippen LogP contribution in [-0.2, 0) is 6.42 Å². The topological polar surface area (TPSA) is 12.0 Å². The molecule has 19 heavy (non-hydrogen) atoms. The number of nitrogens with one attached hydrogen (secondary N) is 1. The van der Waals surface area contributed by atoms with Crippen molar-refractivity contribution in [3.8, 4) is 0 Å². The van der Waals surface area contributed by atoms with Crippen LogP contribution in [0.15, 0.2) is 28.7 Å². The molecular weight excluding hydrogens is 298 g/mol. The first-order valence-electron chi connectivity index (χ1n) is 7.47. The molecule has 1 rings (SSSR count). The van der Waals surface area contributed by atoms with E-state index in [0.29, 0.717) is 5.41 Å². The van der Waals surface area contributed by atoms with Crippen LogP contribution >= 0.6 is 15.9 Å². The third-order valence-electron chi connectivity index (χ3n) is 4.08. The van der Waals surface area contributed by atoms with Crippen LogP contribution in [0.1, 0.15) is 46.1 Å². The smallest absolute Gasteiger partial charge is 0.0207 e. The second-order valence-corrected chi connectivity index (χ2v) is 6.85. The zero-order valence-corrected chi connectivity index (χ0v) is 14.4. The summed E-state index contributed by atoms with van der Waals surface area (Å²) in [6.45, 7) is 11.4. The van der Waals surface area contributed by atoms with Crippen LogP contribution in [-0.4, -0.2) is 13.1 Å². The number of hydrogen-bond donors (Lipinski definition) is 1. The molecule has 1 N–H and O–H groups in total. The van der Waals surface area contributed by atoms with E-state index in [9.17, 15) is 0 Å². The Hall–Kier alpha value is -0.340. The maximum absolute atomic E-state index is 3.68. The van der Waals surface area contributed by atoms with Crippen molar-refractivity contribution in [2.24, 2.45) is 11.3 Å². The van der Waals surface area contributed by atoms with Gasteiger partial charge in [-0.3, -0.25) is 0 Å². The van der Waals surface area contributed by atoms with Gasteiger partial charge in [0, 0.05) is 11.0 Å². The Labute approximate surface area is 127 Å². The van der Waals surface area contributed by atoms with Crippen LogP contribution in [0.25, 0.3) is 0 Å². The largest absolute Gasteiger partial charge is 0.316 e. The summed E-state index contributed by atoms with van der Waals surface area (Å²) in [5.41, 5.74) is 1.80. The standard InChI is InChI=1S/C17H28BrN/c1-5-17(6-2,13-19-12-14(3)4)11-15-9-7-8-10-16(15)18/h7-10,14,19H,5-6,11-13H2,1-4H3. The second kappa shape index (κ2) is 8.06. The highest BCUT2D eigenvalue weighted by molar-refractivity contribution is 9.10. The van der Waals surface area contributed by atoms with Gasteiger partial charge in [-0.1, -0.05) is 61.8 Å². The molecule has 2 heteroatoms. The summed E-state index contributed by atoms with van der Waals surface area (Å²) in [4.78, 5) is 0. The average molecular weight is 326 g/mol. The van der Waals surface area contributed by atoms with E-state index >= 15 is 0 Å². The van der Waals surface area contributed by atoms with E-state index in [0.717, 1.165) is 25.4 Å². The highest BCUT2D eigenvalue weighted by Gasteiger charge is 2.26. The van der Waals surface area contributed by atoms with Crippen LogP contribution in [0.2, 0.25) is 0 Å². The summed E-state index contributed by atoms with van der Waals surface area (Å²) < 4.78 is 1.24. The molecule has 0 radical (unpaired) electrons. The van der Waals surface area contributed by atoms with Crippen molar-refractivity contribution in [1.29, 1.82) is 0 Å². The molecule has 0 amide bonds. The lowest BCUT2D eigenvalue weighted by atomic mass is 9.77. The zero-order valence-electron chi connectivity index (χ0n) is 12.8. The highest BCUT2D eigenvalue weighted by Crippen LogP contribution is 2.32. The van der Waals surface area contributed by atoms with Gasteiger partial charge in [-0.15, -0.1) is 0 Å². The van der Waals surface area contributed by atoms with E-state index in [2.05, 4.69) is 73.2 Å². The van der Waals surface area contributed by atoms with Crippen molar-refractivity contribution in [3.05, 3.63) is 34.3 Å². The van der Waals surface area contributed by atoms with Crippen LogP contribution < -0.4 is 5.32 Å². The lowest BCUT2D eigenvalue weighted by molar-refractivity contribution is 0.242. The van der Waals surface area contributed by atoms with Gasteiger partial charge >= 0.3 is 0 Å². The van der Waals surface area contributed by atoms with Gasteiger partial charge in [0.15, 0.2) is 0 Å². The fraction of sp³-hybridized carbons (Fsp3) is 0.647. The van der Waals surface area contributed by atoms with Gasteiger partial charge in [-0.05, 0) is 48.8 Å².